The highest BCUT2D eigenvalue weighted by Gasteiger charge is 2.30. The first-order valence-corrected chi connectivity index (χ1v) is 45.7. The lowest BCUT2D eigenvalue weighted by molar-refractivity contribution is -0.161. The number of rotatable bonds is 80. The molecule has 0 heterocycles. The molecular weight excluding hydrogens is 1330 g/mol. The number of unbranched alkanes of at least 4 members (excludes halogenated alkanes) is 45. The summed E-state index contributed by atoms with van der Waals surface area (Å²) in [6.45, 7) is 14.3. The SMILES string of the molecule is CCC(C)CCCCCCCCCCCCC(=O)O[C@H](COC(=O)CCCCCCCCCC(C)C)COP(=O)(O)OCC(O)COP(=O)(O)OC[C@@H](COC(=O)CCCCCCCCCCCCCCCCCCC(C)C)OC(=O)CCCCCCCCCCCCCCCCCCC(C)C. The Kier molecular flexibility index (Phi) is 70.6. The Morgan fingerprint density at radius 2 is 0.471 bits per heavy atom. The molecule has 19 heteroatoms. The molecule has 0 rings (SSSR count). The third-order valence-corrected chi connectivity index (χ3v) is 21.6. The molecule has 0 radical (unpaired) electrons. The van der Waals surface area contributed by atoms with E-state index in [-0.39, 0.29) is 25.7 Å². The van der Waals surface area contributed by atoms with Crippen molar-refractivity contribution in [1.29, 1.82) is 0 Å². The largest absolute Gasteiger partial charge is 0.472 e. The number of aliphatic hydroxyl groups is 1. The standard InChI is InChI=1S/C83H162O17P2/c1-9-76(8)62-54-46-38-30-26-27-33-41-50-58-66-83(88)100-79(70-94-81(86)64-56-48-42-34-37-45-53-61-75(6)7)72-98-102(91,92)96-68-77(84)67-95-101(89,90)97-71-78(99-82(87)65-57-49-40-32-25-21-17-13-11-15-19-23-29-36-44-52-60-74(4)5)69-93-80(85)63-55-47-39-31-24-20-16-12-10-14-18-22-28-35-43-51-59-73(2)3/h73-79,84H,9-72H2,1-8H3,(H,89,90)(H,91,92)/t76?,77?,78-,79-/m1/s1. The van der Waals surface area contributed by atoms with Crippen LogP contribution in [0, 0.1) is 23.7 Å². The maximum atomic E-state index is 13.1. The predicted octanol–water partition coefficient (Wildman–Crippen LogP) is 24.8. The van der Waals surface area contributed by atoms with Gasteiger partial charge in [0.25, 0.3) is 0 Å². The molecule has 0 aromatic rings. The van der Waals surface area contributed by atoms with E-state index in [1.54, 1.807) is 0 Å². The molecule has 0 saturated heterocycles. The summed E-state index contributed by atoms with van der Waals surface area (Å²) in [7, 11) is -9.92. The fraction of sp³-hybridized carbons (Fsp3) is 0.952. The van der Waals surface area contributed by atoms with Crippen LogP contribution < -0.4 is 0 Å². The van der Waals surface area contributed by atoms with Crippen LogP contribution in [0.4, 0.5) is 0 Å². The molecule has 0 fully saturated rings. The van der Waals surface area contributed by atoms with E-state index in [4.69, 9.17) is 37.0 Å². The third kappa shape index (κ3) is 74.9. The van der Waals surface area contributed by atoms with Crippen LogP contribution in [0.2, 0.25) is 0 Å². The first-order chi connectivity index (χ1) is 49.1. The smallest absolute Gasteiger partial charge is 0.462 e. The van der Waals surface area contributed by atoms with Gasteiger partial charge in [0.15, 0.2) is 12.2 Å². The average molecular weight is 1490 g/mol. The summed E-state index contributed by atoms with van der Waals surface area (Å²) in [5, 5.41) is 10.7. The molecule has 4 unspecified atom stereocenters. The monoisotopic (exact) mass is 1490 g/mol. The quantitative estimate of drug-likeness (QED) is 0.0222. The van der Waals surface area contributed by atoms with E-state index in [9.17, 15) is 43.2 Å². The van der Waals surface area contributed by atoms with Crippen molar-refractivity contribution in [2.24, 2.45) is 23.7 Å². The molecule has 0 aliphatic rings. The number of hydrogen-bond acceptors (Lipinski definition) is 15. The minimum atomic E-state index is -4.96. The molecule has 0 spiro atoms. The number of carbonyl (C=O) groups is 4. The molecule has 0 amide bonds. The van der Waals surface area contributed by atoms with Gasteiger partial charge in [-0.2, -0.15) is 0 Å². The fourth-order valence-corrected chi connectivity index (χ4v) is 14.3. The minimum absolute atomic E-state index is 0.105. The molecule has 0 aliphatic carbocycles. The van der Waals surface area contributed by atoms with Crippen LogP contribution in [0.25, 0.3) is 0 Å². The molecule has 0 aromatic heterocycles. The van der Waals surface area contributed by atoms with Gasteiger partial charge in [-0.3, -0.25) is 37.3 Å². The van der Waals surface area contributed by atoms with E-state index in [1.807, 2.05) is 0 Å². The molecule has 6 atom stereocenters. The summed E-state index contributed by atoms with van der Waals surface area (Å²) in [5.74, 6) is 1.02. The summed E-state index contributed by atoms with van der Waals surface area (Å²) in [6, 6.07) is 0. The Morgan fingerprint density at radius 1 is 0.275 bits per heavy atom. The van der Waals surface area contributed by atoms with Gasteiger partial charge in [0, 0.05) is 25.7 Å². The lowest BCUT2D eigenvalue weighted by Gasteiger charge is -2.21. The van der Waals surface area contributed by atoms with Gasteiger partial charge in [-0.1, -0.05) is 376 Å². The zero-order valence-electron chi connectivity index (χ0n) is 67.2. The highest BCUT2D eigenvalue weighted by atomic mass is 31.2. The third-order valence-electron chi connectivity index (χ3n) is 19.7. The van der Waals surface area contributed by atoms with E-state index in [2.05, 4.69) is 55.4 Å². The summed E-state index contributed by atoms with van der Waals surface area (Å²) < 4.78 is 68.8. The van der Waals surface area contributed by atoms with Gasteiger partial charge < -0.3 is 33.8 Å². The summed E-state index contributed by atoms with van der Waals surface area (Å²) >= 11 is 0. The Morgan fingerprint density at radius 3 is 0.696 bits per heavy atom. The Balaban J connectivity index is 5.24. The van der Waals surface area contributed by atoms with E-state index < -0.39 is 97.5 Å². The number of carbonyl (C=O) groups excluding carboxylic acids is 4. The second-order valence-electron chi connectivity index (χ2n) is 31.5. The molecule has 102 heavy (non-hydrogen) atoms. The van der Waals surface area contributed by atoms with E-state index in [0.29, 0.717) is 31.6 Å². The van der Waals surface area contributed by atoms with Crippen LogP contribution in [-0.2, 0) is 65.4 Å². The first kappa shape index (κ1) is 100. The van der Waals surface area contributed by atoms with Crippen LogP contribution in [0.5, 0.6) is 0 Å². The van der Waals surface area contributed by atoms with Crippen molar-refractivity contribution in [1.82, 2.24) is 0 Å². The fourth-order valence-electron chi connectivity index (χ4n) is 12.8. The molecule has 606 valence electrons. The highest BCUT2D eigenvalue weighted by molar-refractivity contribution is 7.47. The van der Waals surface area contributed by atoms with E-state index in [1.165, 1.54) is 225 Å². The Hall–Kier alpha value is -1.94. The summed E-state index contributed by atoms with van der Waals surface area (Å²) in [5.41, 5.74) is 0. The van der Waals surface area contributed by atoms with Crippen molar-refractivity contribution < 1.29 is 80.2 Å². The summed E-state index contributed by atoms with van der Waals surface area (Å²) in [4.78, 5) is 73.1. The molecule has 0 bridgehead atoms. The average Bonchev–Trinajstić information content (AvgIpc) is 0.922. The number of esters is 4. The predicted molar refractivity (Wildman–Crippen MR) is 418 cm³/mol. The van der Waals surface area contributed by atoms with Gasteiger partial charge in [0.05, 0.1) is 26.4 Å². The van der Waals surface area contributed by atoms with Crippen molar-refractivity contribution in [3.8, 4) is 0 Å². The van der Waals surface area contributed by atoms with Crippen LogP contribution >= 0.6 is 15.6 Å². The maximum absolute atomic E-state index is 13.1. The van der Waals surface area contributed by atoms with Crippen LogP contribution in [0.3, 0.4) is 0 Å². The zero-order valence-corrected chi connectivity index (χ0v) is 69.0. The van der Waals surface area contributed by atoms with Gasteiger partial charge in [-0.25, -0.2) is 9.13 Å². The number of phosphoric ester groups is 2. The number of ether oxygens (including phenoxy) is 4. The van der Waals surface area contributed by atoms with Gasteiger partial charge in [0.2, 0.25) is 0 Å². The second-order valence-corrected chi connectivity index (χ2v) is 34.4. The molecule has 0 saturated carbocycles. The van der Waals surface area contributed by atoms with Crippen molar-refractivity contribution in [3.63, 3.8) is 0 Å². The number of hydrogen-bond donors (Lipinski definition) is 3. The van der Waals surface area contributed by atoms with E-state index in [0.717, 1.165) is 114 Å². The molecule has 3 N–H and O–H groups in total. The number of aliphatic hydroxyl groups excluding tert-OH is 1. The molecule has 0 aliphatic heterocycles. The van der Waals surface area contributed by atoms with Crippen molar-refractivity contribution in [2.45, 2.75) is 446 Å². The van der Waals surface area contributed by atoms with Crippen molar-refractivity contribution in [2.75, 3.05) is 39.6 Å². The summed E-state index contributed by atoms with van der Waals surface area (Å²) in [6.07, 6.45) is 59.7. The first-order valence-electron chi connectivity index (χ1n) is 42.7. The Labute approximate surface area is 626 Å². The molecule has 0 aromatic carbocycles. The minimum Gasteiger partial charge on any atom is -0.462 e. The molecule has 17 nitrogen and oxygen atoms in total. The normalized spacial score (nSPS) is 14.3. The van der Waals surface area contributed by atoms with Gasteiger partial charge in [0.1, 0.15) is 19.3 Å². The lowest BCUT2D eigenvalue weighted by atomic mass is 9.99. The molecular formula is C83H162O17P2. The van der Waals surface area contributed by atoms with Gasteiger partial charge >= 0.3 is 39.5 Å². The Bertz CT molecular complexity index is 1990. The van der Waals surface area contributed by atoms with Crippen molar-refractivity contribution >= 4 is 39.5 Å². The van der Waals surface area contributed by atoms with Gasteiger partial charge in [-0.15, -0.1) is 0 Å². The van der Waals surface area contributed by atoms with E-state index >= 15 is 0 Å². The second kappa shape index (κ2) is 72.0. The highest BCUT2D eigenvalue weighted by Crippen LogP contribution is 2.45. The maximum Gasteiger partial charge on any atom is 0.472 e. The van der Waals surface area contributed by atoms with Crippen LogP contribution in [0.1, 0.15) is 428 Å². The van der Waals surface area contributed by atoms with Crippen LogP contribution in [-0.4, -0.2) is 96.7 Å². The topological polar surface area (TPSA) is 237 Å². The van der Waals surface area contributed by atoms with Crippen molar-refractivity contribution in [3.05, 3.63) is 0 Å². The lowest BCUT2D eigenvalue weighted by Crippen LogP contribution is -2.30. The number of phosphoric acid groups is 2. The van der Waals surface area contributed by atoms with Gasteiger partial charge in [-0.05, 0) is 49.4 Å². The zero-order chi connectivity index (χ0) is 75.3. The van der Waals surface area contributed by atoms with Crippen LogP contribution in [0.15, 0.2) is 0 Å².